The Morgan fingerprint density at radius 2 is 1.85 bits per heavy atom. The number of hydrogen-bond donors (Lipinski definition) is 1. The molecule has 0 aliphatic rings. The SMILES string of the molecule is COc1ccc(C(CNC(=O)CCc2c(C)nc3c4ccccc4nn3c2C)N(C)C)cc1. The highest BCUT2D eigenvalue weighted by molar-refractivity contribution is 5.92. The fourth-order valence-electron chi connectivity index (χ4n) is 4.30. The van der Waals surface area contributed by atoms with Gasteiger partial charge in [0.2, 0.25) is 5.91 Å². The monoisotopic (exact) mass is 445 g/mol. The highest BCUT2D eigenvalue weighted by atomic mass is 16.5. The Morgan fingerprint density at radius 3 is 2.55 bits per heavy atom. The van der Waals surface area contributed by atoms with Gasteiger partial charge in [-0.3, -0.25) is 4.79 Å². The van der Waals surface area contributed by atoms with Gasteiger partial charge in [-0.2, -0.15) is 5.10 Å². The summed E-state index contributed by atoms with van der Waals surface area (Å²) >= 11 is 0. The molecular formula is C26H31N5O2. The van der Waals surface area contributed by atoms with Crippen LogP contribution in [0.2, 0.25) is 0 Å². The van der Waals surface area contributed by atoms with Crippen molar-refractivity contribution in [2.75, 3.05) is 27.7 Å². The molecule has 1 N–H and O–H groups in total. The van der Waals surface area contributed by atoms with Crippen molar-refractivity contribution in [3.05, 3.63) is 71.0 Å². The molecule has 0 saturated carbocycles. The minimum atomic E-state index is 0.0277. The van der Waals surface area contributed by atoms with Crippen molar-refractivity contribution in [2.45, 2.75) is 32.7 Å². The molecule has 7 heteroatoms. The Bertz CT molecular complexity index is 1280. The van der Waals surface area contributed by atoms with E-state index in [1.807, 2.05) is 81.0 Å². The van der Waals surface area contributed by atoms with Crippen molar-refractivity contribution >= 4 is 22.5 Å². The van der Waals surface area contributed by atoms with E-state index in [1.165, 1.54) is 0 Å². The number of amides is 1. The van der Waals surface area contributed by atoms with E-state index in [0.29, 0.717) is 19.4 Å². The molecule has 0 aliphatic carbocycles. The van der Waals surface area contributed by atoms with E-state index < -0.39 is 0 Å². The van der Waals surface area contributed by atoms with Crippen LogP contribution in [-0.2, 0) is 11.2 Å². The lowest BCUT2D eigenvalue weighted by atomic mass is 10.0. The second kappa shape index (κ2) is 9.58. The molecule has 0 radical (unpaired) electrons. The standard InChI is InChI=1S/C26H31N5O2/c1-17-21(18(2)31-26(28-17)22-8-6-7-9-23(22)29-31)14-15-25(32)27-16-24(30(3)4)19-10-12-20(33-5)13-11-19/h6-13,24H,14-16H2,1-5H3,(H,27,32). The van der Waals surface area contributed by atoms with Crippen LogP contribution in [0.15, 0.2) is 48.5 Å². The van der Waals surface area contributed by atoms with Crippen LogP contribution >= 0.6 is 0 Å². The first-order chi connectivity index (χ1) is 15.9. The lowest BCUT2D eigenvalue weighted by Gasteiger charge is -2.25. The molecule has 0 spiro atoms. The van der Waals surface area contributed by atoms with Crippen LogP contribution in [-0.4, -0.2) is 53.2 Å². The predicted molar refractivity (Wildman–Crippen MR) is 131 cm³/mol. The van der Waals surface area contributed by atoms with Crippen molar-refractivity contribution in [1.29, 1.82) is 0 Å². The minimum absolute atomic E-state index is 0.0277. The molecule has 1 amide bonds. The average Bonchev–Trinajstić information content (AvgIpc) is 3.18. The van der Waals surface area contributed by atoms with Crippen LogP contribution in [0.5, 0.6) is 5.75 Å². The minimum Gasteiger partial charge on any atom is -0.497 e. The lowest BCUT2D eigenvalue weighted by molar-refractivity contribution is -0.121. The van der Waals surface area contributed by atoms with E-state index >= 15 is 0 Å². The molecule has 2 heterocycles. The zero-order valence-electron chi connectivity index (χ0n) is 19.9. The van der Waals surface area contributed by atoms with Gasteiger partial charge in [0.1, 0.15) is 5.75 Å². The van der Waals surface area contributed by atoms with Gasteiger partial charge in [-0.1, -0.05) is 24.3 Å². The number of aromatic nitrogens is 3. The molecule has 4 rings (SSSR count). The van der Waals surface area contributed by atoms with Gasteiger partial charge in [0.25, 0.3) is 0 Å². The molecule has 0 fully saturated rings. The zero-order valence-corrected chi connectivity index (χ0v) is 19.9. The van der Waals surface area contributed by atoms with Crippen molar-refractivity contribution in [2.24, 2.45) is 0 Å². The number of likely N-dealkylation sites (N-methyl/N-ethyl adjacent to an activating group) is 1. The van der Waals surface area contributed by atoms with Crippen LogP contribution in [0.25, 0.3) is 16.6 Å². The van der Waals surface area contributed by atoms with E-state index in [4.69, 9.17) is 14.8 Å². The number of aryl methyl sites for hydroxylation is 2. The lowest BCUT2D eigenvalue weighted by Crippen LogP contribution is -2.34. The predicted octanol–water partition coefficient (Wildman–Crippen LogP) is 3.86. The van der Waals surface area contributed by atoms with E-state index in [0.717, 1.165) is 44.8 Å². The Kier molecular flexibility index (Phi) is 6.60. The van der Waals surface area contributed by atoms with Gasteiger partial charge >= 0.3 is 0 Å². The Morgan fingerprint density at radius 1 is 1.12 bits per heavy atom. The molecule has 1 unspecified atom stereocenters. The molecule has 0 aliphatic heterocycles. The number of ether oxygens (including phenoxy) is 1. The number of methoxy groups -OCH3 is 1. The molecule has 0 saturated heterocycles. The smallest absolute Gasteiger partial charge is 0.220 e. The largest absolute Gasteiger partial charge is 0.497 e. The van der Waals surface area contributed by atoms with Crippen LogP contribution in [0.4, 0.5) is 0 Å². The fraction of sp³-hybridized carbons (Fsp3) is 0.346. The number of fused-ring (bicyclic) bond motifs is 3. The average molecular weight is 446 g/mol. The number of hydrogen-bond acceptors (Lipinski definition) is 5. The molecule has 7 nitrogen and oxygen atoms in total. The molecule has 2 aromatic heterocycles. The normalized spacial score (nSPS) is 12.4. The van der Waals surface area contributed by atoms with Crippen molar-refractivity contribution in [3.8, 4) is 5.75 Å². The van der Waals surface area contributed by atoms with Gasteiger partial charge in [-0.25, -0.2) is 9.50 Å². The van der Waals surface area contributed by atoms with Crippen LogP contribution < -0.4 is 10.1 Å². The summed E-state index contributed by atoms with van der Waals surface area (Å²) in [6.45, 7) is 4.60. The van der Waals surface area contributed by atoms with Crippen LogP contribution in [0, 0.1) is 13.8 Å². The number of rotatable bonds is 8. The number of carbonyl (C=O) groups is 1. The summed E-state index contributed by atoms with van der Waals surface area (Å²) in [7, 11) is 5.69. The first kappa shape index (κ1) is 22.7. The highest BCUT2D eigenvalue weighted by Crippen LogP contribution is 2.23. The third-order valence-electron chi connectivity index (χ3n) is 6.24. The molecule has 4 aromatic rings. The van der Waals surface area contributed by atoms with Crippen LogP contribution in [0.3, 0.4) is 0 Å². The first-order valence-corrected chi connectivity index (χ1v) is 11.2. The summed E-state index contributed by atoms with van der Waals surface area (Å²) in [4.78, 5) is 19.6. The van der Waals surface area contributed by atoms with Crippen molar-refractivity contribution in [1.82, 2.24) is 24.8 Å². The number of benzene rings is 2. The molecule has 0 bridgehead atoms. The summed E-state index contributed by atoms with van der Waals surface area (Å²) in [5, 5.41) is 8.85. The molecule has 172 valence electrons. The zero-order chi connectivity index (χ0) is 23.5. The maximum Gasteiger partial charge on any atom is 0.220 e. The molecule has 2 aromatic carbocycles. The van der Waals surface area contributed by atoms with E-state index in [-0.39, 0.29) is 11.9 Å². The van der Waals surface area contributed by atoms with Gasteiger partial charge in [-0.05, 0) is 69.8 Å². The number of carbonyl (C=O) groups excluding carboxylic acids is 1. The number of nitrogens with one attached hydrogen (secondary N) is 1. The van der Waals surface area contributed by atoms with Gasteiger partial charge < -0.3 is 15.0 Å². The van der Waals surface area contributed by atoms with Gasteiger partial charge in [-0.15, -0.1) is 0 Å². The Labute approximate surface area is 194 Å². The van der Waals surface area contributed by atoms with Crippen molar-refractivity contribution in [3.63, 3.8) is 0 Å². The third kappa shape index (κ3) is 4.68. The fourth-order valence-corrected chi connectivity index (χ4v) is 4.30. The number of nitrogens with zero attached hydrogens (tertiary/aromatic N) is 4. The maximum absolute atomic E-state index is 12.7. The van der Waals surface area contributed by atoms with Crippen molar-refractivity contribution < 1.29 is 9.53 Å². The van der Waals surface area contributed by atoms with E-state index in [2.05, 4.69) is 10.2 Å². The Balaban J connectivity index is 1.44. The summed E-state index contributed by atoms with van der Waals surface area (Å²) in [6, 6.07) is 16.1. The van der Waals surface area contributed by atoms with Gasteiger partial charge in [0, 0.05) is 29.7 Å². The second-order valence-electron chi connectivity index (χ2n) is 8.57. The molecular weight excluding hydrogens is 414 g/mol. The summed E-state index contributed by atoms with van der Waals surface area (Å²) in [5.74, 6) is 0.849. The van der Waals surface area contributed by atoms with E-state index in [9.17, 15) is 4.79 Å². The summed E-state index contributed by atoms with van der Waals surface area (Å²) < 4.78 is 7.15. The molecule has 1 atom stereocenters. The highest BCUT2D eigenvalue weighted by Gasteiger charge is 2.17. The Hall–Kier alpha value is -3.45. The second-order valence-corrected chi connectivity index (χ2v) is 8.57. The summed E-state index contributed by atoms with van der Waals surface area (Å²) in [6.07, 6.45) is 1.02. The quantitative estimate of drug-likeness (QED) is 0.446. The maximum atomic E-state index is 12.7. The third-order valence-corrected chi connectivity index (χ3v) is 6.24. The first-order valence-electron chi connectivity index (χ1n) is 11.2. The van der Waals surface area contributed by atoms with Crippen LogP contribution in [0.1, 0.15) is 35.0 Å². The van der Waals surface area contributed by atoms with E-state index in [1.54, 1.807) is 7.11 Å². The van der Waals surface area contributed by atoms with Gasteiger partial charge in [0.15, 0.2) is 5.65 Å². The summed E-state index contributed by atoms with van der Waals surface area (Å²) in [5.41, 5.74) is 5.98. The molecule has 33 heavy (non-hydrogen) atoms. The topological polar surface area (TPSA) is 71.8 Å². The van der Waals surface area contributed by atoms with Gasteiger partial charge in [0.05, 0.1) is 18.7 Å².